The van der Waals surface area contributed by atoms with Crippen molar-refractivity contribution in [2.45, 2.75) is 47.1 Å². The maximum Gasteiger partial charge on any atom is 0.354 e. The fourth-order valence-electron chi connectivity index (χ4n) is 2.95. The minimum atomic E-state index is -0.572. The molecule has 1 rings (SSSR count). The van der Waals surface area contributed by atoms with E-state index in [-0.39, 0.29) is 11.7 Å². The van der Waals surface area contributed by atoms with E-state index in [0.29, 0.717) is 35.5 Å². The second-order valence-electron chi connectivity index (χ2n) is 5.56. The standard InChI is InChI=1S/C17H26N2O4/c1-8-13(20)19(9-2)12(5)16(21)14-10(3)15(17(22)23-7)18(6)11(14)4/h12H,8-9H2,1-7H3. The van der Waals surface area contributed by atoms with Crippen molar-refractivity contribution in [1.82, 2.24) is 9.47 Å². The Balaban J connectivity index is 3.33. The van der Waals surface area contributed by atoms with Crippen molar-refractivity contribution in [2.24, 2.45) is 7.05 Å². The van der Waals surface area contributed by atoms with Crippen molar-refractivity contribution >= 4 is 17.7 Å². The van der Waals surface area contributed by atoms with E-state index in [9.17, 15) is 14.4 Å². The van der Waals surface area contributed by atoms with Crippen molar-refractivity contribution in [1.29, 1.82) is 0 Å². The molecule has 1 aromatic rings. The summed E-state index contributed by atoms with van der Waals surface area (Å²) in [6.45, 7) is 9.34. The first-order valence-electron chi connectivity index (χ1n) is 7.80. The summed E-state index contributed by atoms with van der Waals surface area (Å²) in [6.07, 6.45) is 0.353. The molecule has 1 amide bonds. The Morgan fingerprint density at radius 2 is 1.78 bits per heavy atom. The zero-order valence-electron chi connectivity index (χ0n) is 15.0. The monoisotopic (exact) mass is 322 g/mol. The summed E-state index contributed by atoms with van der Waals surface area (Å²) in [7, 11) is 3.04. The topological polar surface area (TPSA) is 68.6 Å². The van der Waals surface area contributed by atoms with Gasteiger partial charge in [0.1, 0.15) is 5.69 Å². The van der Waals surface area contributed by atoms with E-state index < -0.39 is 12.0 Å². The molecule has 0 aliphatic rings. The first kappa shape index (κ1) is 18.9. The highest BCUT2D eigenvalue weighted by atomic mass is 16.5. The normalized spacial score (nSPS) is 12.0. The van der Waals surface area contributed by atoms with Crippen LogP contribution in [0.2, 0.25) is 0 Å². The number of Topliss-reactive ketones (excluding diaryl/α,β-unsaturated/α-hetero) is 1. The molecular weight excluding hydrogens is 296 g/mol. The van der Waals surface area contributed by atoms with Gasteiger partial charge < -0.3 is 14.2 Å². The van der Waals surface area contributed by atoms with Crippen LogP contribution in [0.15, 0.2) is 0 Å². The maximum atomic E-state index is 12.9. The summed E-state index contributed by atoms with van der Waals surface area (Å²) in [5.41, 5.74) is 2.14. The van der Waals surface area contributed by atoms with Gasteiger partial charge in [-0.15, -0.1) is 0 Å². The fourth-order valence-corrected chi connectivity index (χ4v) is 2.95. The van der Waals surface area contributed by atoms with Gasteiger partial charge in [0.25, 0.3) is 0 Å². The lowest BCUT2D eigenvalue weighted by atomic mass is 9.99. The van der Waals surface area contributed by atoms with Crippen molar-refractivity contribution in [3.63, 3.8) is 0 Å². The Hall–Kier alpha value is -2.11. The van der Waals surface area contributed by atoms with E-state index in [1.54, 1.807) is 44.2 Å². The third-order valence-corrected chi connectivity index (χ3v) is 4.37. The van der Waals surface area contributed by atoms with Gasteiger partial charge in [0.2, 0.25) is 5.91 Å². The van der Waals surface area contributed by atoms with Gasteiger partial charge in [-0.1, -0.05) is 6.92 Å². The van der Waals surface area contributed by atoms with Crippen LogP contribution in [0.5, 0.6) is 0 Å². The van der Waals surface area contributed by atoms with Crippen LogP contribution in [0.1, 0.15) is 59.3 Å². The molecule has 1 aromatic heterocycles. The minimum absolute atomic E-state index is 0.0622. The maximum absolute atomic E-state index is 12.9. The molecule has 1 unspecified atom stereocenters. The molecule has 0 aliphatic heterocycles. The third kappa shape index (κ3) is 3.30. The largest absolute Gasteiger partial charge is 0.464 e. The average Bonchev–Trinajstić information content (AvgIpc) is 2.76. The van der Waals surface area contributed by atoms with Crippen LogP contribution in [0.25, 0.3) is 0 Å². The SMILES string of the molecule is CCC(=O)N(CC)C(C)C(=O)c1c(C)c(C(=O)OC)n(C)c1C. The molecule has 0 radical (unpaired) electrons. The highest BCUT2D eigenvalue weighted by Crippen LogP contribution is 2.24. The van der Waals surface area contributed by atoms with Crippen LogP contribution in [0, 0.1) is 13.8 Å². The number of nitrogens with zero attached hydrogens (tertiary/aromatic N) is 2. The number of carbonyl (C=O) groups is 3. The Bertz CT molecular complexity index is 631. The van der Waals surface area contributed by atoms with Crippen LogP contribution in [0.3, 0.4) is 0 Å². The van der Waals surface area contributed by atoms with Crippen molar-refractivity contribution in [3.05, 3.63) is 22.5 Å². The molecule has 0 spiro atoms. The second kappa shape index (κ2) is 7.44. The molecule has 1 heterocycles. The number of esters is 1. The molecule has 0 aromatic carbocycles. The number of ketones is 1. The van der Waals surface area contributed by atoms with Crippen LogP contribution in [-0.2, 0) is 16.6 Å². The van der Waals surface area contributed by atoms with Gasteiger partial charge in [0.15, 0.2) is 5.78 Å². The van der Waals surface area contributed by atoms with Crippen LogP contribution < -0.4 is 0 Å². The smallest absolute Gasteiger partial charge is 0.354 e. The summed E-state index contributed by atoms with van der Waals surface area (Å²) < 4.78 is 6.46. The highest BCUT2D eigenvalue weighted by Gasteiger charge is 2.31. The van der Waals surface area contributed by atoms with Crippen molar-refractivity contribution in [3.8, 4) is 0 Å². The van der Waals surface area contributed by atoms with Gasteiger partial charge in [-0.2, -0.15) is 0 Å². The number of ether oxygens (including phenoxy) is 1. The van der Waals surface area contributed by atoms with Gasteiger partial charge >= 0.3 is 5.97 Å². The Kier molecular flexibility index (Phi) is 6.12. The Morgan fingerprint density at radius 3 is 2.22 bits per heavy atom. The second-order valence-corrected chi connectivity index (χ2v) is 5.56. The molecule has 0 aliphatic carbocycles. The van der Waals surface area contributed by atoms with Crippen molar-refractivity contribution in [2.75, 3.05) is 13.7 Å². The number of rotatable bonds is 6. The van der Waals surface area contributed by atoms with Gasteiger partial charge in [-0.3, -0.25) is 9.59 Å². The first-order valence-corrected chi connectivity index (χ1v) is 7.80. The van der Waals surface area contributed by atoms with Gasteiger partial charge in [-0.25, -0.2) is 4.79 Å². The van der Waals surface area contributed by atoms with Gasteiger partial charge in [-0.05, 0) is 33.3 Å². The summed E-state index contributed by atoms with van der Waals surface area (Å²) in [5, 5.41) is 0. The van der Waals surface area contributed by atoms with Crippen LogP contribution in [0.4, 0.5) is 0 Å². The lowest BCUT2D eigenvalue weighted by Crippen LogP contribution is -2.43. The van der Waals surface area contributed by atoms with E-state index in [0.717, 1.165) is 0 Å². The van der Waals surface area contributed by atoms with E-state index >= 15 is 0 Å². The third-order valence-electron chi connectivity index (χ3n) is 4.37. The van der Waals surface area contributed by atoms with E-state index in [4.69, 9.17) is 4.74 Å². The molecule has 6 nitrogen and oxygen atoms in total. The summed E-state index contributed by atoms with van der Waals surface area (Å²) >= 11 is 0. The number of hydrogen-bond donors (Lipinski definition) is 0. The number of amides is 1. The molecule has 0 saturated carbocycles. The molecule has 128 valence electrons. The van der Waals surface area contributed by atoms with Gasteiger partial charge in [0, 0.05) is 31.3 Å². The molecular formula is C17H26N2O4. The molecule has 0 N–H and O–H groups in total. The van der Waals surface area contributed by atoms with Crippen molar-refractivity contribution < 1.29 is 19.1 Å². The Morgan fingerprint density at radius 1 is 1.22 bits per heavy atom. The predicted molar refractivity (Wildman–Crippen MR) is 87.7 cm³/mol. The molecule has 23 heavy (non-hydrogen) atoms. The van der Waals surface area contributed by atoms with Gasteiger partial charge in [0.05, 0.1) is 13.2 Å². The zero-order chi connectivity index (χ0) is 17.9. The summed E-state index contributed by atoms with van der Waals surface area (Å²) in [6, 6.07) is -0.572. The first-order chi connectivity index (χ1) is 10.7. The Labute approximate surface area is 137 Å². The number of carbonyl (C=O) groups excluding carboxylic acids is 3. The number of methoxy groups -OCH3 is 1. The quantitative estimate of drug-likeness (QED) is 0.595. The molecule has 0 bridgehead atoms. The van der Waals surface area contributed by atoms with E-state index in [2.05, 4.69) is 0 Å². The van der Waals surface area contributed by atoms with E-state index in [1.165, 1.54) is 7.11 Å². The predicted octanol–water partition coefficient (Wildman–Crippen LogP) is 2.26. The molecule has 1 atom stereocenters. The lowest BCUT2D eigenvalue weighted by molar-refractivity contribution is -0.131. The lowest BCUT2D eigenvalue weighted by Gasteiger charge is -2.27. The molecule has 6 heteroatoms. The van der Waals surface area contributed by atoms with Crippen LogP contribution >= 0.6 is 0 Å². The number of likely N-dealkylation sites (N-methyl/N-ethyl adjacent to an activating group) is 1. The fraction of sp³-hybridized carbons (Fsp3) is 0.588. The van der Waals surface area contributed by atoms with Crippen LogP contribution in [-0.4, -0.2) is 46.8 Å². The highest BCUT2D eigenvalue weighted by molar-refractivity contribution is 6.06. The molecule has 0 fully saturated rings. The minimum Gasteiger partial charge on any atom is -0.464 e. The van der Waals surface area contributed by atoms with E-state index in [1.807, 2.05) is 6.92 Å². The number of aromatic nitrogens is 1. The summed E-state index contributed by atoms with van der Waals surface area (Å²) in [4.78, 5) is 38.4. The molecule has 0 saturated heterocycles. The zero-order valence-corrected chi connectivity index (χ0v) is 15.0. The number of hydrogen-bond acceptors (Lipinski definition) is 4. The average molecular weight is 322 g/mol. The summed E-state index contributed by atoms with van der Waals surface area (Å²) in [5.74, 6) is -0.695.